The van der Waals surface area contributed by atoms with Crippen molar-refractivity contribution in [1.29, 1.82) is 0 Å². The van der Waals surface area contributed by atoms with E-state index in [9.17, 15) is 9.59 Å². The second-order valence-corrected chi connectivity index (χ2v) is 9.82. The third kappa shape index (κ3) is 6.06. The van der Waals surface area contributed by atoms with Crippen molar-refractivity contribution in [2.75, 3.05) is 39.2 Å². The molecule has 1 amide bonds. The lowest BCUT2D eigenvalue weighted by atomic mass is 10.1. The van der Waals surface area contributed by atoms with Crippen LogP contribution in [0.15, 0.2) is 82.8 Å². The fraction of sp³-hybridized carbons (Fsp3) is 0.259. The van der Waals surface area contributed by atoms with Crippen molar-refractivity contribution < 1.29 is 19.1 Å². The van der Waals surface area contributed by atoms with E-state index >= 15 is 0 Å². The molecule has 1 aliphatic rings. The highest BCUT2D eigenvalue weighted by Crippen LogP contribution is 2.47. The predicted octanol–water partition coefficient (Wildman–Crippen LogP) is 5.60. The molecule has 0 unspecified atom stereocenters. The Morgan fingerprint density at radius 2 is 1.78 bits per heavy atom. The first-order valence-electron chi connectivity index (χ1n) is 11.6. The number of amides is 1. The normalized spacial score (nSPS) is 17.0. The summed E-state index contributed by atoms with van der Waals surface area (Å²) in [5.41, 5.74) is 10.9. The number of benzene rings is 3. The van der Waals surface area contributed by atoms with Crippen LogP contribution < -0.4 is 9.64 Å². The number of azide groups is 1. The minimum atomic E-state index is -1.09. The van der Waals surface area contributed by atoms with Crippen LogP contribution in [0.25, 0.3) is 10.4 Å². The molecule has 0 spiro atoms. The first kappa shape index (κ1) is 26.1. The number of ether oxygens (including phenoxy) is 2. The van der Waals surface area contributed by atoms with E-state index in [0.29, 0.717) is 24.5 Å². The summed E-state index contributed by atoms with van der Waals surface area (Å²) < 4.78 is 11.3. The Morgan fingerprint density at radius 3 is 2.43 bits per heavy atom. The highest BCUT2D eigenvalue weighted by Gasteiger charge is 2.41. The summed E-state index contributed by atoms with van der Waals surface area (Å²) in [7, 11) is 5.48. The largest absolute Gasteiger partial charge is 0.497 e. The number of thioether (sulfide) groups is 1. The second kappa shape index (κ2) is 11.8. The van der Waals surface area contributed by atoms with Crippen LogP contribution in [0.3, 0.4) is 0 Å². The lowest BCUT2D eigenvalue weighted by Gasteiger charge is -2.28. The van der Waals surface area contributed by atoms with Gasteiger partial charge in [-0.05, 0) is 61.6 Å². The van der Waals surface area contributed by atoms with Gasteiger partial charge in [-0.15, -0.1) is 11.8 Å². The Kier molecular flexibility index (Phi) is 8.35. The van der Waals surface area contributed by atoms with E-state index in [-0.39, 0.29) is 11.5 Å². The number of likely N-dealkylation sites (N-methyl/N-ethyl adjacent to an activating group) is 1. The monoisotopic (exact) mass is 517 g/mol. The Hall–Kier alpha value is -3.98. The molecule has 0 N–H and O–H groups in total. The van der Waals surface area contributed by atoms with Gasteiger partial charge in [0.05, 0.1) is 23.6 Å². The van der Waals surface area contributed by atoms with Gasteiger partial charge in [-0.2, -0.15) is 0 Å². The molecule has 1 aliphatic heterocycles. The first-order valence-corrected chi connectivity index (χ1v) is 12.5. The molecule has 4 rings (SSSR count). The van der Waals surface area contributed by atoms with Gasteiger partial charge in [-0.3, -0.25) is 4.79 Å². The maximum Gasteiger partial charge on any atom is 0.338 e. The summed E-state index contributed by atoms with van der Waals surface area (Å²) in [5, 5.41) is 3.04. The molecule has 3 aromatic carbocycles. The lowest BCUT2D eigenvalue weighted by Crippen LogP contribution is -2.45. The van der Waals surface area contributed by atoms with E-state index in [1.807, 2.05) is 67.5 Å². The van der Waals surface area contributed by atoms with Crippen LogP contribution in [-0.4, -0.2) is 57.2 Å². The molecule has 2 atom stereocenters. The summed E-state index contributed by atoms with van der Waals surface area (Å²) in [6.07, 6.45) is -1.09. The number of hydrogen-bond acceptors (Lipinski definition) is 7. The Bertz CT molecular complexity index is 1310. The summed E-state index contributed by atoms with van der Waals surface area (Å²) in [6, 6.07) is 21.2. The van der Waals surface area contributed by atoms with Crippen molar-refractivity contribution >= 4 is 35.0 Å². The van der Waals surface area contributed by atoms with Gasteiger partial charge in [0.1, 0.15) is 5.75 Å². The zero-order valence-corrected chi connectivity index (χ0v) is 21.6. The summed E-state index contributed by atoms with van der Waals surface area (Å²) in [5.74, 6) is -0.238. The van der Waals surface area contributed by atoms with Gasteiger partial charge in [0.15, 0.2) is 6.10 Å². The zero-order valence-electron chi connectivity index (χ0n) is 20.8. The lowest BCUT2D eigenvalue weighted by molar-refractivity contribution is -0.127. The van der Waals surface area contributed by atoms with Crippen LogP contribution in [0, 0.1) is 0 Å². The highest BCUT2D eigenvalue weighted by atomic mass is 32.2. The van der Waals surface area contributed by atoms with Crippen molar-refractivity contribution in [3.05, 3.63) is 94.4 Å². The van der Waals surface area contributed by atoms with Crippen molar-refractivity contribution in [3.8, 4) is 5.75 Å². The van der Waals surface area contributed by atoms with Crippen molar-refractivity contribution in [1.82, 2.24) is 4.90 Å². The zero-order chi connectivity index (χ0) is 26.4. The molecule has 37 heavy (non-hydrogen) atoms. The van der Waals surface area contributed by atoms with Crippen molar-refractivity contribution in [2.24, 2.45) is 5.11 Å². The highest BCUT2D eigenvalue weighted by molar-refractivity contribution is 7.99. The molecule has 0 aliphatic carbocycles. The molecule has 3 aromatic rings. The number of carbonyl (C=O) groups excluding carboxylic acids is 2. The summed E-state index contributed by atoms with van der Waals surface area (Å²) in [4.78, 5) is 34.7. The predicted molar refractivity (Wildman–Crippen MR) is 143 cm³/mol. The molecule has 10 heteroatoms. The van der Waals surface area contributed by atoms with Crippen molar-refractivity contribution in [2.45, 2.75) is 16.2 Å². The molecular weight excluding hydrogens is 490 g/mol. The number of methoxy groups -OCH3 is 1. The minimum Gasteiger partial charge on any atom is -0.497 e. The number of fused-ring (bicyclic) bond motifs is 1. The molecule has 0 bridgehead atoms. The standard InChI is InChI=1S/C27H27N5O4S/c1-31(2)16-17-32-22-6-4-5-7-23(22)37-25(18-10-14-21(35-3)15-11-18)24(26(32)33)36-27(34)19-8-12-20(13-9-19)29-30-28/h4-15,24-25H,16-17H2,1-3H3/t24-,25+/m1/s1. The van der Waals surface area contributed by atoms with Gasteiger partial charge < -0.3 is 19.3 Å². The van der Waals surface area contributed by atoms with E-state index < -0.39 is 17.3 Å². The first-order chi connectivity index (χ1) is 17.9. The minimum absolute atomic E-state index is 0.254. The van der Waals surface area contributed by atoms with Crippen LogP contribution in [0.1, 0.15) is 21.2 Å². The number of nitrogens with zero attached hydrogens (tertiary/aromatic N) is 5. The Morgan fingerprint density at radius 1 is 1.08 bits per heavy atom. The number of hydrogen-bond donors (Lipinski definition) is 0. The fourth-order valence-electron chi connectivity index (χ4n) is 3.96. The number of para-hydroxylation sites is 1. The van der Waals surface area contributed by atoms with Gasteiger partial charge in [-0.1, -0.05) is 41.5 Å². The van der Waals surface area contributed by atoms with Crippen LogP contribution >= 0.6 is 11.8 Å². The van der Waals surface area contributed by atoms with Gasteiger partial charge in [0.25, 0.3) is 5.91 Å². The van der Waals surface area contributed by atoms with Gasteiger partial charge in [0, 0.05) is 28.6 Å². The van der Waals surface area contributed by atoms with E-state index in [0.717, 1.165) is 16.1 Å². The maximum absolute atomic E-state index is 14.1. The fourth-order valence-corrected chi connectivity index (χ4v) is 5.28. The quantitative estimate of drug-likeness (QED) is 0.166. The summed E-state index contributed by atoms with van der Waals surface area (Å²) >= 11 is 1.49. The SMILES string of the molecule is COc1ccc([C@@H]2Sc3ccccc3N(CCN(C)C)C(=O)[C@@H]2OC(=O)c2ccc(N=[N+]=[N-])cc2)cc1. The third-order valence-corrected chi connectivity index (χ3v) is 7.28. The van der Waals surface area contributed by atoms with Crippen LogP contribution in [0.5, 0.6) is 5.75 Å². The van der Waals surface area contributed by atoms with Crippen LogP contribution in [-0.2, 0) is 9.53 Å². The average Bonchev–Trinajstić information content (AvgIpc) is 3.02. The van der Waals surface area contributed by atoms with E-state index in [1.54, 1.807) is 12.0 Å². The number of carbonyl (C=O) groups is 2. The summed E-state index contributed by atoms with van der Waals surface area (Å²) in [6.45, 7) is 1.08. The molecular formula is C27H27N5O4S. The molecule has 0 saturated carbocycles. The molecule has 190 valence electrons. The molecule has 0 fully saturated rings. The number of esters is 1. The molecule has 9 nitrogen and oxygen atoms in total. The van der Waals surface area contributed by atoms with E-state index in [2.05, 4.69) is 10.0 Å². The Labute approximate surface area is 219 Å². The molecule has 1 heterocycles. The second-order valence-electron chi connectivity index (χ2n) is 8.63. The van der Waals surface area contributed by atoms with Crippen molar-refractivity contribution in [3.63, 3.8) is 0 Å². The number of rotatable bonds is 8. The van der Waals surface area contributed by atoms with Gasteiger partial charge >= 0.3 is 5.97 Å². The van der Waals surface area contributed by atoms with E-state index in [4.69, 9.17) is 15.0 Å². The van der Waals surface area contributed by atoms with Gasteiger partial charge in [-0.25, -0.2) is 4.79 Å². The maximum atomic E-state index is 14.1. The topological polar surface area (TPSA) is 108 Å². The number of anilines is 1. The molecule has 0 saturated heterocycles. The van der Waals surface area contributed by atoms with Crippen LogP contribution in [0.4, 0.5) is 11.4 Å². The average molecular weight is 518 g/mol. The van der Waals surface area contributed by atoms with Crippen LogP contribution in [0.2, 0.25) is 0 Å². The Balaban J connectivity index is 1.74. The molecule has 0 aromatic heterocycles. The van der Waals surface area contributed by atoms with Gasteiger partial charge in [0.2, 0.25) is 0 Å². The smallest absolute Gasteiger partial charge is 0.338 e. The molecule has 0 radical (unpaired) electrons. The third-order valence-electron chi connectivity index (χ3n) is 5.91. The van der Waals surface area contributed by atoms with E-state index in [1.165, 1.54) is 36.0 Å².